The number of hydrogen-bond acceptors (Lipinski definition) is 5. The number of benzene rings is 1. The third-order valence-electron chi connectivity index (χ3n) is 2.19. The van der Waals surface area contributed by atoms with Gasteiger partial charge in [-0.25, -0.2) is 0 Å². The van der Waals surface area contributed by atoms with E-state index in [9.17, 15) is 19.3 Å². The maximum atomic E-state index is 13.2. The van der Waals surface area contributed by atoms with E-state index in [1.807, 2.05) is 0 Å². The second-order valence-electron chi connectivity index (χ2n) is 3.65. The van der Waals surface area contributed by atoms with Gasteiger partial charge in [0.25, 0.3) is 5.91 Å². The van der Waals surface area contributed by atoms with E-state index >= 15 is 0 Å². The molecule has 0 bridgehead atoms. The van der Waals surface area contributed by atoms with Gasteiger partial charge < -0.3 is 15.8 Å². The summed E-state index contributed by atoms with van der Waals surface area (Å²) < 4.78 is 18.2. The van der Waals surface area contributed by atoms with E-state index in [1.54, 1.807) is 0 Å². The Labute approximate surface area is 120 Å². The highest BCUT2D eigenvalue weighted by Crippen LogP contribution is 2.22. The fraction of sp³-hybridized carbons (Fsp3) is 0.364. The fourth-order valence-corrected chi connectivity index (χ4v) is 1.26. The van der Waals surface area contributed by atoms with E-state index in [4.69, 9.17) is 10.5 Å². The summed E-state index contributed by atoms with van der Waals surface area (Å²) in [5.41, 5.74) is 4.62. The fourth-order valence-electron chi connectivity index (χ4n) is 1.26. The molecule has 0 saturated carbocycles. The zero-order valence-electron chi connectivity index (χ0n) is 10.5. The quantitative estimate of drug-likeness (QED) is 0.444. The molecule has 1 amide bonds. The Bertz CT molecular complexity index is 473. The summed E-state index contributed by atoms with van der Waals surface area (Å²) >= 11 is 0. The number of carbonyl (C=O) groups excluding carboxylic acids is 1. The first-order valence-corrected chi connectivity index (χ1v) is 5.58. The monoisotopic (exact) mass is 307 g/mol. The molecule has 1 aromatic rings. The summed E-state index contributed by atoms with van der Waals surface area (Å²) in [6, 6.07) is 3.08. The van der Waals surface area contributed by atoms with Crippen LogP contribution in [0.3, 0.4) is 0 Å². The van der Waals surface area contributed by atoms with E-state index in [0.717, 1.165) is 12.1 Å². The van der Waals surface area contributed by atoms with Gasteiger partial charge in [0.05, 0.1) is 4.92 Å². The first-order chi connectivity index (χ1) is 9.04. The number of halogens is 2. The van der Waals surface area contributed by atoms with Crippen molar-refractivity contribution in [3.05, 3.63) is 34.1 Å². The maximum Gasteiger partial charge on any atom is 0.305 e. The third-order valence-corrected chi connectivity index (χ3v) is 2.19. The average molecular weight is 308 g/mol. The first-order valence-electron chi connectivity index (χ1n) is 5.58. The number of rotatable bonds is 7. The van der Waals surface area contributed by atoms with E-state index in [2.05, 4.69) is 5.32 Å². The lowest BCUT2D eigenvalue weighted by Gasteiger charge is -2.07. The summed E-state index contributed by atoms with van der Waals surface area (Å²) in [6.45, 7) is 0.615. The lowest BCUT2D eigenvalue weighted by molar-refractivity contribution is -0.387. The molecule has 9 heteroatoms. The molecule has 1 rings (SSSR count). The SMILES string of the molecule is Cl.NCCCNC(=O)COc1ccc([N+](=O)[O-])c(F)c1. The lowest BCUT2D eigenvalue weighted by Crippen LogP contribution is -2.30. The van der Waals surface area contributed by atoms with Crippen molar-refractivity contribution in [2.45, 2.75) is 6.42 Å². The Morgan fingerprint density at radius 1 is 1.50 bits per heavy atom. The Hall–Kier alpha value is -1.93. The number of hydrogen-bond donors (Lipinski definition) is 2. The number of amides is 1. The highest BCUT2D eigenvalue weighted by Gasteiger charge is 2.14. The zero-order valence-corrected chi connectivity index (χ0v) is 11.3. The molecule has 3 N–H and O–H groups in total. The van der Waals surface area contributed by atoms with Crippen molar-refractivity contribution in [3.63, 3.8) is 0 Å². The number of nitro groups is 1. The Kier molecular flexibility index (Phi) is 8.18. The molecular formula is C11H15ClFN3O4. The summed E-state index contributed by atoms with van der Waals surface area (Å²) in [7, 11) is 0. The number of nitrogens with zero attached hydrogens (tertiary/aromatic N) is 1. The van der Waals surface area contributed by atoms with Crippen LogP contribution < -0.4 is 15.8 Å². The van der Waals surface area contributed by atoms with Crippen molar-refractivity contribution in [2.24, 2.45) is 5.73 Å². The van der Waals surface area contributed by atoms with Crippen LogP contribution in [0.5, 0.6) is 5.75 Å². The zero-order chi connectivity index (χ0) is 14.3. The van der Waals surface area contributed by atoms with Crippen LogP contribution in [0.25, 0.3) is 0 Å². The molecule has 1 aromatic carbocycles. The van der Waals surface area contributed by atoms with Crippen LogP contribution in [0.4, 0.5) is 10.1 Å². The molecule has 7 nitrogen and oxygen atoms in total. The topological polar surface area (TPSA) is 107 Å². The van der Waals surface area contributed by atoms with Crippen molar-refractivity contribution in [1.82, 2.24) is 5.32 Å². The van der Waals surface area contributed by atoms with Gasteiger partial charge in [-0.2, -0.15) is 4.39 Å². The van der Waals surface area contributed by atoms with Crippen LogP contribution in [0.15, 0.2) is 18.2 Å². The highest BCUT2D eigenvalue weighted by atomic mass is 35.5. The summed E-state index contributed by atoms with van der Waals surface area (Å²) in [4.78, 5) is 20.8. The van der Waals surface area contributed by atoms with Crippen LogP contribution in [0, 0.1) is 15.9 Å². The molecule has 0 aliphatic rings. The van der Waals surface area contributed by atoms with Crippen LogP contribution in [-0.2, 0) is 4.79 Å². The summed E-state index contributed by atoms with van der Waals surface area (Å²) in [5, 5.41) is 12.9. The minimum Gasteiger partial charge on any atom is -0.484 e. The van der Waals surface area contributed by atoms with Gasteiger partial charge in [0.1, 0.15) is 5.75 Å². The standard InChI is InChI=1S/C11H14FN3O4.ClH/c12-9-6-8(2-3-10(9)15(17)18)19-7-11(16)14-5-1-4-13;/h2-3,6H,1,4-5,7,13H2,(H,14,16);1H. The second-order valence-corrected chi connectivity index (χ2v) is 3.65. The Morgan fingerprint density at radius 3 is 2.75 bits per heavy atom. The number of carbonyl (C=O) groups is 1. The molecule has 0 heterocycles. The predicted molar refractivity (Wildman–Crippen MR) is 72.5 cm³/mol. The van der Waals surface area contributed by atoms with E-state index < -0.39 is 16.4 Å². The van der Waals surface area contributed by atoms with Crippen molar-refractivity contribution >= 4 is 24.0 Å². The minimum atomic E-state index is -1.01. The molecule has 0 aromatic heterocycles. The summed E-state index contributed by atoms with van der Waals surface area (Å²) in [6.07, 6.45) is 0.651. The molecule has 0 unspecified atom stereocenters. The van der Waals surface area contributed by atoms with Crippen molar-refractivity contribution in [2.75, 3.05) is 19.7 Å². The minimum absolute atomic E-state index is 0. The van der Waals surface area contributed by atoms with Gasteiger partial charge in [0.15, 0.2) is 6.61 Å². The molecule has 0 spiro atoms. The molecule has 0 aliphatic heterocycles. The number of ether oxygens (including phenoxy) is 1. The van der Waals surface area contributed by atoms with Crippen LogP contribution in [0.2, 0.25) is 0 Å². The van der Waals surface area contributed by atoms with Crippen molar-refractivity contribution in [1.29, 1.82) is 0 Å². The molecule has 0 atom stereocenters. The normalized spacial score (nSPS) is 9.50. The summed E-state index contributed by atoms with van der Waals surface area (Å²) in [5.74, 6) is -1.32. The van der Waals surface area contributed by atoms with Gasteiger partial charge in [-0.15, -0.1) is 12.4 Å². The molecule has 112 valence electrons. The Morgan fingerprint density at radius 2 is 2.20 bits per heavy atom. The van der Waals surface area contributed by atoms with Crippen LogP contribution in [0.1, 0.15) is 6.42 Å². The molecule has 0 aliphatic carbocycles. The molecule has 20 heavy (non-hydrogen) atoms. The molecule has 0 fully saturated rings. The Balaban J connectivity index is 0.00000361. The van der Waals surface area contributed by atoms with Gasteiger partial charge >= 0.3 is 5.69 Å². The predicted octanol–water partition coefficient (Wildman–Crippen LogP) is 0.999. The van der Waals surface area contributed by atoms with Gasteiger partial charge in [-0.3, -0.25) is 14.9 Å². The number of nitrogens with one attached hydrogen (secondary N) is 1. The molecule has 0 radical (unpaired) electrons. The average Bonchev–Trinajstić information content (AvgIpc) is 2.36. The van der Waals surface area contributed by atoms with E-state index in [1.165, 1.54) is 6.07 Å². The third kappa shape index (κ3) is 5.81. The molecular weight excluding hydrogens is 293 g/mol. The maximum absolute atomic E-state index is 13.2. The van der Waals surface area contributed by atoms with E-state index in [-0.39, 0.29) is 30.7 Å². The first kappa shape index (κ1) is 18.1. The van der Waals surface area contributed by atoms with Gasteiger partial charge in [0, 0.05) is 18.7 Å². The van der Waals surface area contributed by atoms with E-state index in [0.29, 0.717) is 19.5 Å². The highest BCUT2D eigenvalue weighted by molar-refractivity contribution is 5.85. The lowest BCUT2D eigenvalue weighted by atomic mass is 10.3. The van der Waals surface area contributed by atoms with Crippen molar-refractivity contribution < 1.29 is 18.8 Å². The van der Waals surface area contributed by atoms with Gasteiger partial charge in [0.2, 0.25) is 5.82 Å². The number of nitro benzene ring substituents is 1. The second kappa shape index (κ2) is 9.05. The van der Waals surface area contributed by atoms with Crippen LogP contribution in [-0.4, -0.2) is 30.5 Å². The largest absolute Gasteiger partial charge is 0.484 e. The molecule has 0 saturated heterocycles. The van der Waals surface area contributed by atoms with Gasteiger partial charge in [-0.1, -0.05) is 0 Å². The van der Waals surface area contributed by atoms with Crippen LogP contribution >= 0.6 is 12.4 Å². The smallest absolute Gasteiger partial charge is 0.305 e. The van der Waals surface area contributed by atoms with Crippen molar-refractivity contribution in [3.8, 4) is 5.75 Å². The number of nitrogens with two attached hydrogens (primary N) is 1. The van der Waals surface area contributed by atoms with Gasteiger partial charge in [-0.05, 0) is 19.0 Å².